The van der Waals surface area contributed by atoms with Gasteiger partial charge in [-0.25, -0.2) is 0 Å². The monoisotopic (exact) mass is 763 g/mol. The topological polar surface area (TPSA) is 98.8 Å². The third-order valence-electron chi connectivity index (χ3n) is 11.0. The number of carbonyl (C=O) groups is 4. The van der Waals surface area contributed by atoms with Gasteiger partial charge < -0.3 is 20.4 Å². The zero-order valence-corrected chi connectivity index (χ0v) is 36.4. The molecular weight excluding hydrogens is 673 g/mol. The minimum atomic E-state index is -0.0769. The number of hydrogen-bond acceptors (Lipinski definition) is 4. The standard InChI is InChI=1S/C46H90N4O4/c1-5-7-9-11-13-15-17-19-21-23-25-27-29-31-33-35-45(53)47-37-39-49(43(3)51)41-42-50(44(4)52)40-38-48-46(54)36-34-32-30-28-26-24-22-20-18-16-14-12-10-8-6-2/h5-42H2,1-4H3,(H,47,53)(H,48,54). The van der Waals surface area contributed by atoms with E-state index in [-0.39, 0.29) is 23.6 Å². The number of unbranched alkanes of at least 4 members (excludes halogenated alkanes) is 28. The maximum absolute atomic E-state index is 12.4. The summed E-state index contributed by atoms with van der Waals surface area (Å²) in [6, 6.07) is 0. The highest BCUT2D eigenvalue weighted by Crippen LogP contribution is 2.15. The van der Waals surface area contributed by atoms with Crippen LogP contribution in [0.1, 0.15) is 233 Å². The fraction of sp³-hybridized carbons (Fsp3) is 0.913. The van der Waals surface area contributed by atoms with Crippen molar-refractivity contribution < 1.29 is 19.2 Å². The van der Waals surface area contributed by atoms with Gasteiger partial charge in [0.25, 0.3) is 0 Å². The van der Waals surface area contributed by atoms with Gasteiger partial charge in [0.1, 0.15) is 0 Å². The number of carbonyl (C=O) groups excluding carboxylic acids is 4. The van der Waals surface area contributed by atoms with Crippen molar-refractivity contribution in [2.24, 2.45) is 0 Å². The second kappa shape index (κ2) is 40.5. The van der Waals surface area contributed by atoms with Crippen LogP contribution in [-0.2, 0) is 19.2 Å². The predicted octanol–water partition coefficient (Wildman–Crippen LogP) is 11.4. The Labute approximate surface area is 334 Å². The molecule has 0 aromatic carbocycles. The van der Waals surface area contributed by atoms with Gasteiger partial charge in [-0.05, 0) is 12.8 Å². The Morgan fingerprint density at radius 1 is 0.333 bits per heavy atom. The second-order valence-electron chi connectivity index (χ2n) is 16.1. The first-order valence-corrected chi connectivity index (χ1v) is 23.4. The SMILES string of the molecule is CCCCCCCCCCCCCCCCCC(=O)NCCN(CCN(CCNC(=O)CCCCCCCCCCCCCCCCC)C(C)=O)C(C)=O. The summed E-state index contributed by atoms with van der Waals surface area (Å²) < 4.78 is 0. The van der Waals surface area contributed by atoms with Crippen molar-refractivity contribution in [2.75, 3.05) is 39.3 Å². The van der Waals surface area contributed by atoms with Gasteiger partial charge >= 0.3 is 0 Å². The van der Waals surface area contributed by atoms with E-state index in [9.17, 15) is 19.2 Å². The van der Waals surface area contributed by atoms with Crippen LogP contribution in [0.4, 0.5) is 0 Å². The molecular formula is C46H90N4O4. The van der Waals surface area contributed by atoms with E-state index in [2.05, 4.69) is 24.5 Å². The van der Waals surface area contributed by atoms with Crippen molar-refractivity contribution in [1.29, 1.82) is 0 Å². The van der Waals surface area contributed by atoms with Crippen LogP contribution in [0.15, 0.2) is 0 Å². The molecule has 0 atom stereocenters. The molecule has 0 fully saturated rings. The largest absolute Gasteiger partial charge is 0.354 e. The van der Waals surface area contributed by atoms with Crippen molar-refractivity contribution in [3.05, 3.63) is 0 Å². The molecule has 8 heteroatoms. The Bertz CT molecular complexity index is 813. The van der Waals surface area contributed by atoms with Gasteiger partial charge in [-0.2, -0.15) is 0 Å². The summed E-state index contributed by atoms with van der Waals surface area (Å²) in [6.07, 6.45) is 40.2. The average Bonchev–Trinajstić information content (AvgIpc) is 3.15. The van der Waals surface area contributed by atoms with Crippen LogP contribution in [-0.4, -0.2) is 72.7 Å². The molecule has 0 aromatic heterocycles. The normalized spacial score (nSPS) is 11.1. The number of nitrogens with one attached hydrogen (secondary N) is 2. The van der Waals surface area contributed by atoms with Gasteiger partial charge in [-0.3, -0.25) is 19.2 Å². The van der Waals surface area contributed by atoms with Crippen molar-refractivity contribution >= 4 is 23.6 Å². The van der Waals surface area contributed by atoms with Gasteiger partial charge in [-0.1, -0.05) is 194 Å². The molecule has 0 heterocycles. The molecule has 0 aromatic rings. The number of rotatable bonds is 41. The van der Waals surface area contributed by atoms with Crippen LogP contribution < -0.4 is 10.6 Å². The Morgan fingerprint density at radius 3 is 0.778 bits per heavy atom. The molecule has 0 saturated carbocycles. The van der Waals surface area contributed by atoms with E-state index in [0.29, 0.717) is 52.1 Å². The van der Waals surface area contributed by atoms with Crippen molar-refractivity contribution in [3.63, 3.8) is 0 Å². The molecule has 318 valence electrons. The molecule has 0 aliphatic rings. The van der Waals surface area contributed by atoms with E-state index in [4.69, 9.17) is 0 Å². The van der Waals surface area contributed by atoms with Gasteiger partial charge in [-0.15, -0.1) is 0 Å². The van der Waals surface area contributed by atoms with Crippen LogP contribution in [0, 0.1) is 0 Å². The maximum Gasteiger partial charge on any atom is 0.220 e. The quantitative estimate of drug-likeness (QED) is 0.0606. The Balaban J connectivity index is 3.85. The Kier molecular flexibility index (Phi) is 38.9. The lowest BCUT2D eigenvalue weighted by atomic mass is 10.0. The summed E-state index contributed by atoms with van der Waals surface area (Å²) in [6.45, 7) is 10.0. The molecule has 4 amide bonds. The van der Waals surface area contributed by atoms with E-state index >= 15 is 0 Å². The van der Waals surface area contributed by atoms with Gasteiger partial charge in [0.2, 0.25) is 23.6 Å². The smallest absolute Gasteiger partial charge is 0.220 e. The molecule has 2 N–H and O–H groups in total. The van der Waals surface area contributed by atoms with Crippen molar-refractivity contribution in [3.8, 4) is 0 Å². The van der Waals surface area contributed by atoms with Crippen LogP contribution in [0.2, 0.25) is 0 Å². The summed E-state index contributed by atoms with van der Waals surface area (Å²) in [5.74, 6) is -0.0730. The molecule has 0 aliphatic heterocycles. The molecule has 0 unspecified atom stereocenters. The third-order valence-corrected chi connectivity index (χ3v) is 11.0. The first-order valence-electron chi connectivity index (χ1n) is 23.4. The second-order valence-corrected chi connectivity index (χ2v) is 16.1. The first kappa shape index (κ1) is 51.9. The summed E-state index contributed by atoms with van der Waals surface area (Å²) in [4.78, 5) is 52.6. The van der Waals surface area contributed by atoms with Crippen molar-refractivity contribution in [2.45, 2.75) is 233 Å². The summed E-state index contributed by atoms with van der Waals surface area (Å²) in [7, 11) is 0. The third kappa shape index (κ3) is 36.8. The summed E-state index contributed by atoms with van der Waals surface area (Å²) in [5.41, 5.74) is 0. The molecule has 54 heavy (non-hydrogen) atoms. The number of hydrogen-bond donors (Lipinski definition) is 2. The highest BCUT2D eigenvalue weighted by atomic mass is 16.2. The fourth-order valence-electron chi connectivity index (χ4n) is 7.25. The van der Waals surface area contributed by atoms with Crippen LogP contribution in [0.25, 0.3) is 0 Å². The fourth-order valence-corrected chi connectivity index (χ4v) is 7.25. The maximum atomic E-state index is 12.4. The van der Waals surface area contributed by atoms with E-state index in [0.717, 1.165) is 25.7 Å². The lowest BCUT2D eigenvalue weighted by Crippen LogP contribution is -2.44. The van der Waals surface area contributed by atoms with Gasteiger partial charge in [0, 0.05) is 66.0 Å². The summed E-state index contributed by atoms with van der Waals surface area (Å²) in [5, 5.41) is 5.92. The zero-order valence-electron chi connectivity index (χ0n) is 36.4. The summed E-state index contributed by atoms with van der Waals surface area (Å²) >= 11 is 0. The minimum absolute atomic E-state index is 0.0404. The van der Waals surface area contributed by atoms with E-state index in [1.54, 1.807) is 9.80 Å². The highest BCUT2D eigenvalue weighted by molar-refractivity contribution is 5.77. The first-order chi connectivity index (χ1) is 26.3. The predicted molar refractivity (Wildman–Crippen MR) is 230 cm³/mol. The molecule has 0 saturated heterocycles. The Hall–Kier alpha value is -2.12. The van der Waals surface area contributed by atoms with Gasteiger partial charge in [0.15, 0.2) is 0 Å². The van der Waals surface area contributed by atoms with Crippen LogP contribution >= 0.6 is 0 Å². The number of amides is 4. The molecule has 0 rings (SSSR count). The van der Waals surface area contributed by atoms with Crippen LogP contribution in [0.5, 0.6) is 0 Å². The molecule has 0 spiro atoms. The lowest BCUT2D eigenvalue weighted by Gasteiger charge is -2.27. The number of nitrogens with zero attached hydrogens (tertiary/aromatic N) is 2. The lowest BCUT2D eigenvalue weighted by molar-refractivity contribution is -0.133. The van der Waals surface area contributed by atoms with Crippen molar-refractivity contribution in [1.82, 2.24) is 20.4 Å². The van der Waals surface area contributed by atoms with E-state index in [1.807, 2.05) is 0 Å². The minimum Gasteiger partial charge on any atom is -0.354 e. The molecule has 0 radical (unpaired) electrons. The molecule has 8 nitrogen and oxygen atoms in total. The average molecular weight is 763 g/mol. The van der Waals surface area contributed by atoms with E-state index < -0.39 is 0 Å². The van der Waals surface area contributed by atoms with E-state index in [1.165, 1.54) is 181 Å². The zero-order chi connectivity index (χ0) is 39.7. The highest BCUT2D eigenvalue weighted by Gasteiger charge is 2.14. The Morgan fingerprint density at radius 2 is 0.556 bits per heavy atom. The molecule has 0 aliphatic carbocycles. The van der Waals surface area contributed by atoms with Crippen LogP contribution in [0.3, 0.4) is 0 Å². The molecule has 0 bridgehead atoms. The van der Waals surface area contributed by atoms with Gasteiger partial charge in [0.05, 0.1) is 0 Å².